The highest BCUT2D eigenvalue weighted by atomic mass is 35.5. The lowest BCUT2D eigenvalue weighted by Crippen LogP contribution is -2.47. The van der Waals surface area contributed by atoms with Crippen LogP contribution in [0.25, 0.3) is 0 Å². The van der Waals surface area contributed by atoms with E-state index in [9.17, 15) is 9.59 Å². The summed E-state index contributed by atoms with van der Waals surface area (Å²) in [7, 11) is 0. The van der Waals surface area contributed by atoms with E-state index in [0.717, 1.165) is 17.7 Å². The molecule has 2 amide bonds. The summed E-state index contributed by atoms with van der Waals surface area (Å²) in [4.78, 5) is 32.6. The monoisotopic (exact) mass is 439 g/mol. The second kappa shape index (κ2) is 12.1. The fourth-order valence-corrected chi connectivity index (χ4v) is 3.59. The number of amides is 2. The first-order valence-electron chi connectivity index (χ1n) is 10.7. The zero-order chi connectivity index (χ0) is 22.8. The number of carbonyl (C=O) groups excluding carboxylic acids is 2. The fraction of sp³-hybridized carbons (Fsp3) is 0.320. The summed E-state index contributed by atoms with van der Waals surface area (Å²) in [6, 6.07) is 9.81. The van der Waals surface area contributed by atoms with Crippen LogP contribution in [0.4, 0.5) is 5.69 Å². The van der Waals surface area contributed by atoms with E-state index in [1.807, 2.05) is 58.0 Å². The van der Waals surface area contributed by atoms with Crippen LogP contribution in [0.3, 0.4) is 0 Å². The molecule has 0 aliphatic carbocycles. The molecule has 0 radical (unpaired) electrons. The fourth-order valence-electron chi connectivity index (χ4n) is 3.42. The van der Waals surface area contributed by atoms with Crippen molar-refractivity contribution in [2.24, 2.45) is 0 Å². The van der Waals surface area contributed by atoms with E-state index in [-0.39, 0.29) is 11.8 Å². The molecule has 1 unspecified atom stereocenters. The van der Waals surface area contributed by atoms with Gasteiger partial charge in [-0.25, -0.2) is 0 Å². The van der Waals surface area contributed by atoms with Gasteiger partial charge in [0.25, 0.3) is 5.91 Å². The Hall–Kier alpha value is -2.92. The summed E-state index contributed by atoms with van der Waals surface area (Å²) in [6.07, 6.45) is 8.83. The number of hydrogen-bond donors (Lipinski definition) is 1. The summed E-state index contributed by atoms with van der Waals surface area (Å²) in [5, 5.41) is 3.34. The minimum Gasteiger partial charge on any atom is -0.323 e. The van der Waals surface area contributed by atoms with Crippen LogP contribution in [-0.4, -0.2) is 34.3 Å². The van der Waals surface area contributed by atoms with Crippen LogP contribution in [0.15, 0.2) is 66.4 Å². The number of nitrogens with zero attached hydrogens (tertiary/aromatic N) is 2. The van der Waals surface area contributed by atoms with Gasteiger partial charge in [0.05, 0.1) is 11.3 Å². The molecule has 164 valence electrons. The lowest BCUT2D eigenvalue weighted by Gasteiger charge is -2.29. The van der Waals surface area contributed by atoms with E-state index in [1.165, 1.54) is 0 Å². The molecule has 0 fully saturated rings. The summed E-state index contributed by atoms with van der Waals surface area (Å²) < 4.78 is 0. The molecule has 5 nitrogen and oxygen atoms in total. The number of carbonyl (C=O) groups is 2. The molecular weight excluding hydrogens is 410 g/mol. The Kier molecular flexibility index (Phi) is 9.47. The van der Waals surface area contributed by atoms with E-state index in [4.69, 9.17) is 11.6 Å². The van der Waals surface area contributed by atoms with Crippen molar-refractivity contribution in [1.29, 1.82) is 0 Å². The normalized spacial score (nSPS) is 16.4. The van der Waals surface area contributed by atoms with Crippen LogP contribution < -0.4 is 5.32 Å². The van der Waals surface area contributed by atoms with Gasteiger partial charge in [0.1, 0.15) is 6.04 Å². The van der Waals surface area contributed by atoms with Crippen molar-refractivity contribution >= 4 is 29.1 Å². The van der Waals surface area contributed by atoms with Crippen LogP contribution >= 0.6 is 11.6 Å². The average Bonchev–Trinajstić information content (AvgIpc) is 2.86. The van der Waals surface area contributed by atoms with E-state index >= 15 is 0 Å². The molecule has 1 aliphatic heterocycles. The van der Waals surface area contributed by atoms with Crippen LogP contribution in [-0.2, 0) is 11.2 Å². The number of fused-ring (bicyclic) bond motifs is 1. The Morgan fingerprint density at radius 3 is 2.65 bits per heavy atom. The molecule has 3 rings (SSSR count). The van der Waals surface area contributed by atoms with Crippen LogP contribution in [0.5, 0.6) is 0 Å². The van der Waals surface area contributed by atoms with Gasteiger partial charge in [0.2, 0.25) is 5.91 Å². The van der Waals surface area contributed by atoms with Gasteiger partial charge in [-0.2, -0.15) is 0 Å². The van der Waals surface area contributed by atoms with Crippen LogP contribution in [0.2, 0.25) is 5.02 Å². The van der Waals surface area contributed by atoms with Crippen molar-refractivity contribution in [3.8, 4) is 0 Å². The third kappa shape index (κ3) is 6.28. The first-order chi connectivity index (χ1) is 15.0. The van der Waals surface area contributed by atoms with Gasteiger partial charge in [0.15, 0.2) is 0 Å². The van der Waals surface area contributed by atoms with E-state index < -0.39 is 6.04 Å². The third-order valence-electron chi connectivity index (χ3n) is 4.74. The minimum atomic E-state index is -0.686. The molecular formula is C25H30ClN3O2. The molecule has 0 saturated carbocycles. The highest BCUT2D eigenvalue weighted by Crippen LogP contribution is 2.28. The molecule has 2 heterocycles. The molecule has 1 aliphatic rings. The smallest absolute Gasteiger partial charge is 0.256 e. The summed E-state index contributed by atoms with van der Waals surface area (Å²) in [5.74, 6) is -0.455. The Morgan fingerprint density at radius 1 is 1.23 bits per heavy atom. The van der Waals surface area contributed by atoms with Gasteiger partial charge in [-0.3, -0.25) is 14.6 Å². The van der Waals surface area contributed by atoms with E-state index in [2.05, 4.69) is 16.4 Å². The molecule has 6 heteroatoms. The van der Waals surface area contributed by atoms with Crippen molar-refractivity contribution in [3.63, 3.8) is 0 Å². The zero-order valence-electron chi connectivity index (χ0n) is 18.6. The lowest BCUT2D eigenvalue weighted by atomic mass is 10.1. The van der Waals surface area contributed by atoms with Gasteiger partial charge in [0, 0.05) is 29.9 Å². The first kappa shape index (κ1) is 24.4. The number of allylic oxidation sites excluding steroid dienone is 2. The van der Waals surface area contributed by atoms with Gasteiger partial charge >= 0.3 is 0 Å². The van der Waals surface area contributed by atoms with E-state index in [1.54, 1.807) is 29.3 Å². The van der Waals surface area contributed by atoms with Gasteiger partial charge in [-0.1, -0.05) is 56.7 Å². The Balaban J connectivity index is 0.00000166. The maximum absolute atomic E-state index is 13.5. The number of hydrogen-bond acceptors (Lipinski definition) is 3. The molecule has 0 saturated heterocycles. The molecule has 1 aromatic heterocycles. The highest BCUT2D eigenvalue weighted by Gasteiger charge is 2.35. The SMILES string of the molecule is C/C=C\C(=C/CC)CN1C(=O)c2ccc(Cl)cc2NC(=O)C1Cc1ccccn1.CC. The summed E-state index contributed by atoms with van der Waals surface area (Å²) in [6.45, 7) is 8.32. The number of pyridine rings is 1. The number of benzene rings is 1. The second-order valence-electron chi connectivity index (χ2n) is 6.84. The van der Waals surface area contributed by atoms with Gasteiger partial charge in [-0.15, -0.1) is 0 Å². The molecule has 1 aromatic carbocycles. The van der Waals surface area contributed by atoms with E-state index in [0.29, 0.717) is 29.2 Å². The third-order valence-corrected chi connectivity index (χ3v) is 4.97. The number of anilines is 1. The molecule has 2 aromatic rings. The molecule has 1 N–H and O–H groups in total. The van der Waals surface area contributed by atoms with Crippen molar-refractivity contribution in [1.82, 2.24) is 9.88 Å². The topological polar surface area (TPSA) is 62.3 Å². The van der Waals surface area contributed by atoms with Crippen LogP contribution in [0, 0.1) is 0 Å². The predicted molar refractivity (Wildman–Crippen MR) is 127 cm³/mol. The Bertz CT molecular complexity index is 954. The van der Waals surface area contributed by atoms with Crippen molar-refractivity contribution < 1.29 is 9.59 Å². The largest absolute Gasteiger partial charge is 0.323 e. The zero-order valence-corrected chi connectivity index (χ0v) is 19.3. The van der Waals surface area contributed by atoms with Crippen molar-refractivity contribution in [2.45, 2.75) is 46.6 Å². The number of nitrogens with one attached hydrogen (secondary N) is 1. The van der Waals surface area contributed by atoms with Gasteiger partial charge < -0.3 is 10.2 Å². The Morgan fingerprint density at radius 2 is 2.00 bits per heavy atom. The lowest BCUT2D eigenvalue weighted by molar-refractivity contribution is -0.120. The summed E-state index contributed by atoms with van der Waals surface area (Å²) >= 11 is 6.09. The molecule has 0 spiro atoms. The number of rotatable bonds is 6. The molecule has 0 bridgehead atoms. The first-order valence-corrected chi connectivity index (χ1v) is 11.0. The maximum Gasteiger partial charge on any atom is 0.256 e. The summed E-state index contributed by atoms with van der Waals surface area (Å²) in [5.41, 5.74) is 2.61. The average molecular weight is 440 g/mol. The quantitative estimate of drug-likeness (QED) is 0.589. The van der Waals surface area contributed by atoms with Gasteiger partial charge in [-0.05, 0) is 49.2 Å². The number of aromatic nitrogens is 1. The number of halogens is 1. The Labute approximate surface area is 189 Å². The van der Waals surface area contributed by atoms with Crippen LogP contribution in [0.1, 0.15) is 50.2 Å². The second-order valence-corrected chi connectivity index (χ2v) is 7.28. The minimum absolute atomic E-state index is 0.206. The maximum atomic E-state index is 13.5. The molecule has 31 heavy (non-hydrogen) atoms. The predicted octanol–water partition coefficient (Wildman–Crippen LogP) is 5.68. The van der Waals surface area contributed by atoms with Crippen molar-refractivity contribution in [2.75, 3.05) is 11.9 Å². The standard InChI is InChI=1S/C23H24ClN3O2.C2H6/c1-3-7-16(8-4-2)15-27-21(14-18-9-5-6-12-25-18)22(28)26-20-13-17(24)10-11-19(20)23(27)29;1-2/h3,5-13,21H,4,14-15H2,1-2H3,(H,26,28);1-2H3/b7-3-,16-8+;. The highest BCUT2D eigenvalue weighted by molar-refractivity contribution is 6.31. The molecule has 1 atom stereocenters. The van der Waals surface area contributed by atoms with Crippen molar-refractivity contribution in [3.05, 3.63) is 82.7 Å².